The van der Waals surface area contributed by atoms with Crippen LogP contribution in [0.3, 0.4) is 0 Å². The van der Waals surface area contributed by atoms with Crippen molar-refractivity contribution in [3.05, 3.63) is 80.2 Å². The SMILES string of the molecule is COc1c(Br)cc(Br)cc1/C=C/C(=O)Nc1ccc2oc(-c3ccc(Cl)cc3)nc2c1. The van der Waals surface area contributed by atoms with E-state index in [9.17, 15) is 4.79 Å². The predicted molar refractivity (Wildman–Crippen MR) is 131 cm³/mol. The first-order chi connectivity index (χ1) is 14.9. The Hall–Kier alpha value is -2.61. The summed E-state index contributed by atoms with van der Waals surface area (Å²) >= 11 is 12.8. The van der Waals surface area contributed by atoms with Crippen molar-refractivity contribution in [2.24, 2.45) is 0 Å². The molecule has 8 heteroatoms. The van der Waals surface area contributed by atoms with E-state index in [0.29, 0.717) is 33.4 Å². The Bertz CT molecular complexity index is 1300. The summed E-state index contributed by atoms with van der Waals surface area (Å²) in [4.78, 5) is 16.9. The molecule has 0 atom stereocenters. The van der Waals surface area contributed by atoms with E-state index in [1.807, 2.05) is 24.3 Å². The zero-order valence-corrected chi connectivity index (χ0v) is 20.1. The first kappa shape index (κ1) is 21.6. The van der Waals surface area contributed by atoms with Crippen molar-refractivity contribution in [1.82, 2.24) is 4.98 Å². The lowest BCUT2D eigenvalue weighted by Crippen LogP contribution is -2.07. The van der Waals surface area contributed by atoms with Crippen LogP contribution in [0, 0.1) is 0 Å². The van der Waals surface area contributed by atoms with Gasteiger partial charge in [0.15, 0.2) is 5.58 Å². The summed E-state index contributed by atoms with van der Waals surface area (Å²) in [5.41, 5.74) is 3.47. The maximum atomic E-state index is 12.4. The van der Waals surface area contributed by atoms with Crippen LogP contribution in [-0.2, 0) is 4.79 Å². The topological polar surface area (TPSA) is 64.4 Å². The van der Waals surface area contributed by atoms with Gasteiger partial charge in [0.05, 0.1) is 11.6 Å². The van der Waals surface area contributed by atoms with Crippen molar-refractivity contribution in [3.63, 3.8) is 0 Å². The van der Waals surface area contributed by atoms with E-state index in [1.165, 1.54) is 6.08 Å². The fourth-order valence-corrected chi connectivity index (χ4v) is 4.54. The summed E-state index contributed by atoms with van der Waals surface area (Å²) in [5.74, 6) is 0.854. The second kappa shape index (κ2) is 9.26. The number of carbonyl (C=O) groups is 1. The Morgan fingerprint density at radius 1 is 1.13 bits per heavy atom. The number of benzene rings is 3. The van der Waals surface area contributed by atoms with E-state index in [-0.39, 0.29) is 5.91 Å². The van der Waals surface area contributed by atoms with Crippen LogP contribution in [-0.4, -0.2) is 18.0 Å². The van der Waals surface area contributed by atoms with Gasteiger partial charge in [-0.05, 0) is 76.6 Å². The van der Waals surface area contributed by atoms with Crippen LogP contribution in [0.5, 0.6) is 5.75 Å². The zero-order chi connectivity index (χ0) is 22.0. The smallest absolute Gasteiger partial charge is 0.248 e. The molecular weight excluding hydrogens is 548 g/mol. The quantitative estimate of drug-likeness (QED) is 0.259. The van der Waals surface area contributed by atoms with Crippen molar-refractivity contribution in [2.45, 2.75) is 0 Å². The number of hydrogen-bond acceptors (Lipinski definition) is 4. The minimum Gasteiger partial charge on any atom is -0.495 e. The molecule has 0 bridgehead atoms. The lowest BCUT2D eigenvalue weighted by molar-refractivity contribution is -0.111. The van der Waals surface area contributed by atoms with Crippen molar-refractivity contribution in [1.29, 1.82) is 0 Å². The lowest BCUT2D eigenvalue weighted by atomic mass is 10.2. The number of anilines is 1. The zero-order valence-electron chi connectivity index (χ0n) is 16.2. The van der Waals surface area contributed by atoms with Crippen molar-refractivity contribution >= 4 is 72.2 Å². The van der Waals surface area contributed by atoms with Gasteiger partial charge in [-0.15, -0.1) is 0 Å². The Kier molecular flexibility index (Phi) is 6.46. The minimum absolute atomic E-state index is 0.279. The minimum atomic E-state index is -0.279. The molecule has 31 heavy (non-hydrogen) atoms. The number of methoxy groups -OCH3 is 1. The van der Waals surface area contributed by atoms with E-state index < -0.39 is 0 Å². The van der Waals surface area contributed by atoms with Crippen LogP contribution >= 0.6 is 43.5 Å². The maximum Gasteiger partial charge on any atom is 0.248 e. The molecule has 5 nitrogen and oxygen atoms in total. The van der Waals surface area contributed by atoms with Crippen LogP contribution in [0.2, 0.25) is 5.02 Å². The Balaban J connectivity index is 1.53. The second-order valence-electron chi connectivity index (χ2n) is 6.54. The van der Waals surface area contributed by atoms with Crippen molar-refractivity contribution in [2.75, 3.05) is 12.4 Å². The van der Waals surface area contributed by atoms with Gasteiger partial charge in [-0.1, -0.05) is 27.5 Å². The van der Waals surface area contributed by atoms with E-state index in [4.69, 9.17) is 20.8 Å². The molecule has 1 heterocycles. The third kappa shape index (κ3) is 5.01. The fourth-order valence-electron chi connectivity index (χ4n) is 2.99. The molecule has 3 aromatic carbocycles. The summed E-state index contributed by atoms with van der Waals surface area (Å²) in [6.45, 7) is 0. The summed E-state index contributed by atoms with van der Waals surface area (Å²) in [7, 11) is 1.58. The number of hydrogen-bond donors (Lipinski definition) is 1. The molecule has 0 aliphatic heterocycles. The molecule has 156 valence electrons. The number of nitrogens with one attached hydrogen (secondary N) is 1. The molecule has 0 aliphatic carbocycles. The van der Waals surface area contributed by atoms with Gasteiger partial charge in [-0.3, -0.25) is 4.79 Å². The van der Waals surface area contributed by atoms with Crippen LogP contribution in [0.15, 0.2) is 74.0 Å². The molecule has 0 unspecified atom stereocenters. The van der Waals surface area contributed by atoms with Gasteiger partial charge in [0.1, 0.15) is 11.3 Å². The molecule has 0 radical (unpaired) electrons. The molecule has 1 aromatic heterocycles. The number of fused-ring (bicyclic) bond motifs is 1. The summed E-state index contributed by atoms with van der Waals surface area (Å²) < 4.78 is 12.9. The molecule has 4 aromatic rings. The highest BCUT2D eigenvalue weighted by molar-refractivity contribution is 9.11. The molecule has 1 N–H and O–H groups in total. The summed E-state index contributed by atoms with van der Waals surface area (Å²) in [5, 5.41) is 3.48. The van der Waals surface area contributed by atoms with Crippen LogP contribution in [0.25, 0.3) is 28.6 Å². The van der Waals surface area contributed by atoms with Gasteiger partial charge >= 0.3 is 0 Å². The monoisotopic (exact) mass is 560 g/mol. The van der Waals surface area contributed by atoms with Gasteiger partial charge in [0.2, 0.25) is 11.8 Å². The molecule has 0 saturated carbocycles. The van der Waals surface area contributed by atoms with Crippen molar-refractivity contribution in [3.8, 4) is 17.2 Å². The van der Waals surface area contributed by atoms with Crippen LogP contribution in [0.1, 0.15) is 5.56 Å². The van der Waals surface area contributed by atoms with Crippen molar-refractivity contribution < 1.29 is 13.9 Å². The van der Waals surface area contributed by atoms with Gasteiger partial charge in [-0.25, -0.2) is 4.98 Å². The third-order valence-electron chi connectivity index (χ3n) is 4.40. The lowest BCUT2D eigenvalue weighted by Gasteiger charge is -2.08. The standard InChI is InChI=1S/C23H15Br2ClN2O3/c1-30-22-14(10-15(24)11-18(22)25)4-9-21(29)27-17-7-8-20-19(12-17)28-23(31-20)13-2-5-16(26)6-3-13/h2-12H,1H3,(H,27,29)/b9-4+. The molecular formula is C23H15Br2ClN2O3. The first-order valence-corrected chi connectivity index (χ1v) is 11.1. The summed E-state index contributed by atoms with van der Waals surface area (Å²) in [6.07, 6.45) is 3.14. The van der Waals surface area contributed by atoms with Crippen LogP contribution in [0.4, 0.5) is 5.69 Å². The largest absolute Gasteiger partial charge is 0.495 e. The number of oxazole rings is 1. The molecule has 0 aliphatic rings. The van der Waals surface area contributed by atoms with E-state index >= 15 is 0 Å². The molecule has 0 spiro atoms. The van der Waals surface area contributed by atoms with E-state index in [0.717, 1.165) is 20.1 Å². The Morgan fingerprint density at radius 3 is 2.65 bits per heavy atom. The number of ether oxygens (including phenoxy) is 1. The average molecular weight is 563 g/mol. The number of halogens is 3. The summed E-state index contributed by atoms with van der Waals surface area (Å²) in [6, 6.07) is 16.3. The van der Waals surface area contributed by atoms with E-state index in [1.54, 1.807) is 43.5 Å². The Morgan fingerprint density at radius 2 is 1.90 bits per heavy atom. The van der Waals surface area contributed by atoms with E-state index in [2.05, 4.69) is 42.2 Å². The van der Waals surface area contributed by atoms with Gasteiger partial charge < -0.3 is 14.5 Å². The number of rotatable bonds is 5. The van der Waals surface area contributed by atoms with Gasteiger partial charge in [0.25, 0.3) is 0 Å². The van der Waals surface area contributed by atoms with Gasteiger partial charge in [0, 0.05) is 32.4 Å². The second-order valence-corrected chi connectivity index (χ2v) is 8.75. The van der Waals surface area contributed by atoms with Crippen LogP contribution < -0.4 is 10.1 Å². The molecule has 0 saturated heterocycles. The maximum absolute atomic E-state index is 12.4. The predicted octanol–water partition coefficient (Wildman–Crippen LogP) is 7.33. The molecule has 1 amide bonds. The Labute approximate surface area is 200 Å². The van der Waals surface area contributed by atoms with Gasteiger partial charge in [-0.2, -0.15) is 0 Å². The number of amides is 1. The number of carbonyl (C=O) groups excluding carboxylic acids is 1. The highest BCUT2D eigenvalue weighted by atomic mass is 79.9. The fraction of sp³-hybridized carbons (Fsp3) is 0.0435. The third-order valence-corrected chi connectivity index (χ3v) is 5.70. The first-order valence-electron chi connectivity index (χ1n) is 9.11. The number of nitrogens with zero attached hydrogens (tertiary/aromatic N) is 1. The molecule has 4 rings (SSSR count). The average Bonchev–Trinajstić information content (AvgIpc) is 3.16. The highest BCUT2D eigenvalue weighted by Crippen LogP contribution is 2.33. The normalized spacial score (nSPS) is 11.2. The number of aromatic nitrogens is 1. The molecule has 0 fully saturated rings. The highest BCUT2D eigenvalue weighted by Gasteiger charge is 2.10.